The number of ether oxygens (including phenoxy) is 2. The lowest BCUT2D eigenvalue weighted by molar-refractivity contribution is -0.125. The average molecular weight is 231 g/mol. The lowest BCUT2D eigenvalue weighted by Crippen LogP contribution is -2.48. The summed E-state index contributed by atoms with van der Waals surface area (Å²) >= 11 is 0. The molecule has 0 spiro atoms. The number of methoxy groups -OCH3 is 1. The van der Waals surface area contributed by atoms with Crippen molar-refractivity contribution >= 4 is 11.9 Å². The smallest absolute Gasteiger partial charge is 0.407 e. The molecule has 1 aliphatic rings. The number of nitrogens with one attached hydrogen (secondary N) is 1. The minimum absolute atomic E-state index is 0.00694. The zero-order valence-electron chi connectivity index (χ0n) is 9.27. The van der Waals surface area contributed by atoms with Crippen LogP contribution in [0.3, 0.4) is 0 Å². The van der Waals surface area contributed by atoms with Crippen molar-refractivity contribution in [2.75, 3.05) is 26.9 Å². The number of hydrogen-bond acceptors (Lipinski definition) is 5. The molecule has 0 bridgehead atoms. The largest absolute Gasteiger partial charge is 0.453 e. The molecular weight excluding hydrogens is 214 g/mol. The third kappa shape index (κ3) is 3.46. The molecule has 0 unspecified atom stereocenters. The van der Waals surface area contributed by atoms with E-state index in [4.69, 9.17) is 9.84 Å². The molecule has 2 N–H and O–H groups in total. The second-order valence-corrected chi connectivity index (χ2v) is 3.69. The normalized spacial score (nSPS) is 18.9. The summed E-state index contributed by atoms with van der Waals surface area (Å²) < 4.78 is 9.63. The Morgan fingerprint density at radius 1 is 1.50 bits per heavy atom. The predicted octanol–water partition coefficient (Wildman–Crippen LogP) is -0.301. The SMILES string of the molecule is COC(=O)N[C@H](C(=O)CO)C1CCOCC1. The van der Waals surface area contributed by atoms with Crippen LogP contribution in [-0.4, -0.2) is 50.0 Å². The van der Waals surface area contributed by atoms with E-state index in [1.54, 1.807) is 0 Å². The lowest BCUT2D eigenvalue weighted by Gasteiger charge is -2.29. The number of hydrogen-bond donors (Lipinski definition) is 2. The first-order chi connectivity index (χ1) is 7.69. The molecule has 1 fully saturated rings. The van der Waals surface area contributed by atoms with Crippen LogP contribution in [0.2, 0.25) is 0 Å². The van der Waals surface area contributed by atoms with E-state index < -0.39 is 24.5 Å². The van der Waals surface area contributed by atoms with Crippen LogP contribution in [0.5, 0.6) is 0 Å². The maximum atomic E-state index is 11.5. The number of aliphatic hydroxyl groups excluding tert-OH is 1. The van der Waals surface area contributed by atoms with E-state index in [-0.39, 0.29) is 5.92 Å². The molecule has 6 heteroatoms. The van der Waals surface area contributed by atoms with E-state index in [1.165, 1.54) is 7.11 Å². The van der Waals surface area contributed by atoms with Gasteiger partial charge >= 0.3 is 6.09 Å². The minimum Gasteiger partial charge on any atom is -0.453 e. The van der Waals surface area contributed by atoms with Crippen molar-refractivity contribution in [2.45, 2.75) is 18.9 Å². The van der Waals surface area contributed by atoms with Crippen molar-refractivity contribution in [1.82, 2.24) is 5.32 Å². The summed E-state index contributed by atoms with van der Waals surface area (Å²) in [4.78, 5) is 22.6. The highest BCUT2D eigenvalue weighted by Crippen LogP contribution is 2.19. The number of aliphatic hydroxyl groups is 1. The Kier molecular flexibility index (Phi) is 5.21. The molecule has 0 saturated carbocycles. The molecule has 0 aliphatic carbocycles. The summed E-state index contributed by atoms with van der Waals surface area (Å²) in [5, 5.41) is 11.3. The molecule has 16 heavy (non-hydrogen) atoms. The molecule has 0 radical (unpaired) electrons. The molecular formula is C10H17NO5. The van der Waals surface area contributed by atoms with Gasteiger partial charge in [-0.1, -0.05) is 0 Å². The first kappa shape index (κ1) is 12.9. The summed E-state index contributed by atoms with van der Waals surface area (Å²) in [5.41, 5.74) is 0. The van der Waals surface area contributed by atoms with Gasteiger partial charge < -0.3 is 19.9 Å². The molecule has 1 saturated heterocycles. The number of carbonyl (C=O) groups excluding carboxylic acids is 2. The highest BCUT2D eigenvalue weighted by molar-refractivity contribution is 5.88. The summed E-state index contributed by atoms with van der Waals surface area (Å²) in [6.07, 6.45) is 0.735. The fraction of sp³-hybridized carbons (Fsp3) is 0.800. The Morgan fingerprint density at radius 2 is 2.12 bits per heavy atom. The van der Waals surface area contributed by atoms with Crippen LogP contribution >= 0.6 is 0 Å². The number of Topliss-reactive ketones (excluding diaryl/α,β-unsaturated/α-hetero) is 1. The van der Waals surface area contributed by atoms with Crippen molar-refractivity contribution in [3.8, 4) is 0 Å². The molecule has 0 aromatic carbocycles. The molecule has 1 atom stereocenters. The van der Waals surface area contributed by atoms with Crippen LogP contribution < -0.4 is 5.32 Å². The fourth-order valence-electron chi connectivity index (χ4n) is 1.79. The second kappa shape index (κ2) is 6.44. The van der Waals surface area contributed by atoms with Crippen molar-refractivity contribution in [3.05, 3.63) is 0 Å². The van der Waals surface area contributed by atoms with Gasteiger partial charge in [0.25, 0.3) is 0 Å². The second-order valence-electron chi connectivity index (χ2n) is 3.69. The number of rotatable bonds is 4. The van der Waals surface area contributed by atoms with Gasteiger partial charge in [-0.15, -0.1) is 0 Å². The number of carbonyl (C=O) groups is 2. The van der Waals surface area contributed by atoms with Gasteiger partial charge in [0, 0.05) is 13.2 Å². The zero-order chi connectivity index (χ0) is 12.0. The Bertz CT molecular complexity index is 250. The minimum atomic E-state index is -0.679. The van der Waals surface area contributed by atoms with E-state index in [2.05, 4.69) is 10.1 Å². The number of amides is 1. The van der Waals surface area contributed by atoms with Crippen LogP contribution in [0.1, 0.15) is 12.8 Å². The van der Waals surface area contributed by atoms with Crippen molar-refractivity contribution in [3.63, 3.8) is 0 Å². The van der Waals surface area contributed by atoms with Crippen molar-refractivity contribution in [1.29, 1.82) is 0 Å². The van der Waals surface area contributed by atoms with Gasteiger partial charge in [-0.3, -0.25) is 4.79 Å². The molecule has 6 nitrogen and oxygen atoms in total. The van der Waals surface area contributed by atoms with Gasteiger partial charge in [0.1, 0.15) is 6.61 Å². The molecule has 92 valence electrons. The summed E-state index contributed by atoms with van der Waals surface area (Å²) in [5.74, 6) is -0.384. The first-order valence-corrected chi connectivity index (χ1v) is 5.24. The topological polar surface area (TPSA) is 84.9 Å². The van der Waals surface area contributed by atoms with Crippen LogP contribution in [0.15, 0.2) is 0 Å². The van der Waals surface area contributed by atoms with Gasteiger partial charge in [-0.05, 0) is 18.8 Å². The maximum Gasteiger partial charge on any atom is 0.407 e. The van der Waals surface area contributed by atoms with Crippen LogP contribution in [0.4, 0.5) is 4.79 Å². The molecule has 1 amide bonds. The fourth-order valence-corrected chi connectivity index (χ4v) is 1.79. The Labute approximate surface area is 93.9 Å². The zero-order valence-corrected chi connectivity index (χ0v) is 9.27. The molecule has 1 rings (SSSR count). The standard InChI is InChI=1S/C10H17NO5/c1-15-10(14)11-9(8(13)6-12)7-2-4-16-5-3-7/h7,9,12H,2-6H2,1H3,(H,11,14)/t9-/m0/s1. The molecule has 0 aromatic heterocycles. The number of alkyl carbamates (subject to hydrolysis) is 1. The third-order valence-corrected chi connectivity index (χ3v) is 2.70. The van der Waals surface area contributed by atoms with Gasteiger partial charge in [0.05, 0.1) is 13.2 Å². The summed E-state index contributed by atoms with van der Waals surface area (Å²) in [6, 6.07) is -0.679. The summed E-state index contributed by atoms with van der Waals surface area (Å²) in [6.45, 7) is 0.567. The van der Waals surface area contributed by atoms with Gasteiger partial charge in [-0.2, -0.15) is 0 Å². The molecule has 1 heterocycles. The van der Waals surface area contributed by atoms with E-state index in [0.717, 1.165) is 0 Å². The van der Waals surface area contributed by atoms with Gasteiger partial charge in [0.15, 0.2) is 5.78 Å². The Morgan fingerprint density at radius 3 is 2.62 bits per heavy atom. The maximum absolute atomic E-state index is 11.5. The van der Waals surface area contributed by atoms with E-state index in [9.17, 15) is 9.59 Å². The van der Waals surface area contributed by atoms with Gasteiger partial charge in [0.2, 0.25) is 0 Å². The quantitative estimate of drug-likeness (QED) is 0.693. The molecule has 0 aromatic rings. The predicted molar refractivity (Wildman–Crippen MR) is 55.0 cm³/mol. The Hall–Kier alpha value is -1.14. The van der Waals surface area contributed by atoms with E-state index in [1.807, 2.05) is 0 Å². The van der Waals surface area contributed by atoms with Crippen LogP contribution in [-0.2, 0) is 14.3 Å². The van der Waals surface area contributed by atoms with E-state index >= 15 is 0 Å². The van der Waals surface area contributed by atoms with Crippen LogP contribution in [0.25, 0.3) is 0 Å². The highest BCUT2D eigenvalue weighted by Gasteiger charge is 2.30. The van der Waals surface area contributed by atoms with Gasteiger partial charge in [-0.25, -0.2) is 4.79 Å². The highest BCUT2D eigenvalue weighted by atomic mass is 16.5. The summed E-state index contributed by atoms with van der Waals surface area (Å²) in [7, 11) is 1.24. The monoisotopic (exact) mass is 231 g/mol. The average Bonchev–Trinajstić information content (AvgIpc) is 2.35. The third-order valence-electron chi connectivity index (χ3n) is 2.70. The Balaban J connectivity index is 2.61. The first-order valence-electron chi connectivity index (χ1n) is 5.24. The lowest BCUT2D eigenvalue weighted by atomic mass is 9.89. The van der Waals surface area contributed by atoms with Crippen molar-refractivity contribution in [2.24, 2.45) is 5.92 Å². The van der Waals surface area contributed by atoms with E-state index in [0.29, 0.717) is 26.1 Å². The van der Waals surface area contributed by atoms with Crippen molar-refractivity contribution < 1.29 is 24.2 Å². The molecule has 1 aliphatic heterocycles. The number of ketones is 1. The van der Waals surface area contributed by atoms with Crippen LogP contribution in [0, 0.1) is 5.92 Å².